The van der Waals surface area contributed by atoms with Gasteiger partial charge in [0.1, 0.15) is 17.1 Å². The number of halogens is 3. The third-order valence-electron chi connectivity index (χ3n) is 4.18. The highest BCUT2D eigenvalue weighted by Gasteiger charge is 2.35. The Morgan fingerprint density at radius 2 is 1.89 bits per heavy atom. The first-order chi connectivity index (χ1) is 13.2. The molecule has 0 saturated carbocycles. The van der Waals surface area contributed by atoms with Crippen LogP contribution in [0.3, 0.4) is 0 Å². The second-order valence-corrected chi connectivity index (χ2v) is 7.61. The summed E-state index contributed by atoms with van der Waals surface area (Å²) in [6, 6.07) is 6.51. The molecule has 0 aliphatic carbocycles. The number of fused-ring (bicyclic) bond motifs is 1. The number of benzene rings is 1. The fourth-order valence-corrected chi connectivity index (χ4v) is 4.45. The average Bonchev–Trinajstić information content (AvgIpc) is 3.22. The summed E-state index contributed by atoms with van der Waals surface area (Å²) in [5, 5.41) is 12.2. The zero-order valence-corrected chi connectivity index (χ0v) is 15.7. The maximum Gasteiger partial charge on any atom is 0.431 e. The zero-order valence-electron chi connectivity index (χ0n) is 14.0. The minimum absolute atomic E-state index is 0.0465. The summed E-state index contributed by atoms with van der Waals surface area (Å²) in [6.45, 7) is 0. The standard InChI is InChI=1S/C17H10F3N3O3S2/c1-22-12(17(18,19)20)7-13(25)23(16(22)26)8-2-3-11-9(6-8)14(21-28-11)15-10(24)4-5-27-15/h2-7,24H,1H3. The van der Waals surface area contributed by atoms with Crippen LogP contribution in [0.4, 0.5) is 13.2 Å². The van der Waals surface area contributed by atoms with E-state index in [4.69, 9.17) is 0 Å². The Labute approximate surface area is 162 Å². The molecule has 144 valence electrons. The van der Waals surface area contributed by atoms with Crippen LogP contribution >= 0.6 is 22.9 Å². The highest BCUT2D eigenvalue weighted by Crippen LogP contribution is 2.39. The Balaban J connectivity index is 1.96. The van der Waals surface area contributed by atoms with Gasteiger partial charge in [-0.25, -0.2) is 9.36 Å². The number of nitrogens with zero attached hydrogens (tertiary/aromatic N) is 3. The van der Waals surface area contributed by atoms with Gasteiger partial charge in [0.15, 0.2) is 0 Å². The van der Waals surface area contributed by atoms with Gasteiger partial charge in [-0.05, 0) is 41.2 Å². The number of hydrogen-bond donors (Lipinski definition) is 1. The maximum atomic E-state index is 13.0. The van der Waals surface area contributed by atoms with Crippen LogP contribution in [0.15, 0.2) is 45.3 Å². The zero-order chi connectivity index (χ0) is 20.2. The molecule has 0 aliphatic rings. The van der Waals surface area contributed by atoms with Crippen LogP contribution in [0.2, 0.25) is 0 Å². The van der Waals surface area contributed by atoms with Gasteiger partial charge in [0.05, 0.1) is 15.3 Å². The molecule has 0 aliphatic heterocycles. The van der Waals surface area contributed by atoms with Gasteiger partial charge in [0.25, 0.3) is 5.56 Å². The molecule has 4 rings (SSSR count). The van der Waals surface area contributed by atoms with Crippen LogP contribution in [0, 0.1) is 0 Å². The van der Waals surface area contributed by atoms with E-state index in [0.717, 1.165) is 11.7 Å². The largest absolute Gasteiger partial charge is 0.506 e. The maximum absolute atomic E-state index is 13.0. The van der Waals surface area contributed by atoms with E-state index < -0.39 is 23.1 Å². The summed E-state index contributed by atoms with van der Waals surface area (Å²) >= 11 is 2.44. The molecule has 1 aromatic carbocycles. The van der Waals surface area contributed by atoms with Crippen molar-refractivity contribution in [1.29, 1.82) is 0 Å². The topological polar surface area (TPSA) is 77.1 Å². The van der Waals surface area contributed by atoms with Crippen LogP contribution in [0.5, 0.6) is 5.75 Å². The first kappa shape index (κ1) is 18.4. The van der Waals surface area contributed by atoms with Gasteiger partial charge in [-0.2, -0.15) is 17.5 Å². The predicted octanol–water partition coefficient (Wildman–Crippen LogP) is 3.60. The second kappa shape index (κ2) is 6.31. The number of hydrogen-bond acceptors (Lipinski definition) is 6. The molecule has 0 atom stereocenters. The summed E-state index contributed by atoms with van der Waals surface area (Å²) in [4.78, 5) is 25.3. The van der Waals surface area contributed by atoms with E-state index in [1.165, 1.54) is 41.1 Å². The molecule has 0 radical (unpaired) electrons. The van der Waals surface area contributed by atoms with Crippen molar-refractivity contribution in [3.05, 3.63) is 62.2 Å². The molecular weight excluding hydrogens is 415 g/mol. The lowest BCUT2D eigenvalue weighted by Gasteiger charge is -2.14. The van der Waals surface area contributed by atoms with Crippen LogP contribution in [0.1, 0.15) is 5.69 Å². The van der Waals surface area contributed by atoms with Crippen LogP contribution in [-0.4, -0.2) is 18.6 Å². The van der Waals surface area contributed by atoms with Crippen molar-refractivity contribution in [2.45, 2.75) is 6.18 Å². The van der Waals surface area contributed by atoms with Gasteiger partial charge in [-0.3, -0.25) is 9.36 Å². The van der Waals surface area contributed by atoms with Crippen molar-refractivity contribution < 1.29 is 18.3 Å². The Morgan fingerprint density at radius 3 is 2.54 bits per heavy atom. The number of aromatic hydroxyl groups is 1. The summed E-state index contributed by atoms with van der Waals surface area (Å²) < 4.78 is 45.2. The number of rotatable bonds is 2. The lowest BCUT2D eigenvalue weighted by Crippen LogP contribution is -2.40. The van der Waals surface area contributed by atoms with E-state index in [2.05, 4.69) is 4.37 Å². The van der Waals surface area contributed by atoms with Crippen molar-refractivity contribution in [3.63, 3.8) is 0 Å². The molecule has 0 spiro atoms. The number of aromatic nitrogens is 3. The van der Waals surface area contributed by atoms with Crippen LogP contribution in [0.25, 0.3) is 26.3 Å². The molecule has 3 aromatic heterocycles. The average molecular weight is 425 g/mol. The third kappa shape index (κ3) is 2.83. The first-order valence-corrected chi connectivity index (χ1v) is 9.40. The molecule has 0 amide bonds. The predicted molar refractivity (Wildman–Crippen MR) is 100 cm³/mol. The van der Waals surface area contributed by atoms with E-state index >= 15 is 0 Å². The molecule has 4 aromatic rings. The summed E-state index contributed by atoms with van der Waals surface area (Å²) in [5.74, 6) is 0.0465. The Morgan fingerprint density at radius 1 is 1.14 bits per heavy atom. The van der Waals surface area contributed by atoms with Crippen molar-refractivity contribution in [2.75, 3.05) is 0 Å². The lowest BCUT2D eigenvalue weighted by molar-refractivity contribution is -0.144. The molecule has 3 heterocycles. The SMILES string of the molecule is Cn1c(C(F)(F)F)cc(=O)n(-c2ccc3snc(-c4sccc4O)c3c2)c1=O. The fraction of sp³-hybridized carbons (Fsp3) is 0.118. The van der Waals surface area contributed by atoms with Gasteiger partial charge in [0.2, 0.25) is 0 Å². The van der Waals surface area contributed by atoms with Gasteiger partial charge < -0.3 is 5.11 Å². The van der Waals surface area contributed by atoms with Crippen molar-refractivity contribution >= 4 is 33.0 Å². The highest BCUT2D eigenvalue weighted by molar-refractivity contribution is 7.16. The molecule has 6 nitrogen and oxygen atoms in total. The van der Waals surface area contributed by atoms with Crippen LogP contribution in [-0.2, 0) is 13.2 Å². The first-order valence-electron chi connectivity index (χ1n) is 7.75. The minimum atomic E-state index is -4.82. The molecule has 11 heteroatoms. The normalized spacial score (nSPS) is 12.0. The molecular formula is C17H10F3N3O3S2. The van der Waals surface area contributed by atoms with E-state index in [0.29, 0.717) is 31.2 Å². The van der Waals surface area contributed by atoms with Gasteiger partial charge >= 0.3 is 11.9 Å². The van der Waals surface area contributed by atoms with Crippen molar-refractivity contribution in [3.8, 4) is 22.0 Å². The number of alkyl halides is 3. The van der Waals surface area contributed by atoms with E-state index in [1.54, 1.807) is 11.4 Å². The van der Waals surface area contributed by atoms with E-state index in [-0.39, 0.29) is 11.4 Å². The lowest BCUT2D eigenvalue weighted by atomic mass is 10.1. The minimum Gasteiger partial charge on any atom is -0.506 e. The quantitative estimate of drug-likeness (QED) is 0.533. The van der Waals surface area contributed by atoms with Crippen molar-refractivity contribution in [1.82, 2.24) is 13.5 Å². The molecule has 0 unspecified atom stereocenters. The molecule has 0 bridgehead atoms. The Kier molecular flexibility index (Phi) is 4.16. The fourth-order valence-electron chi connectivity index (χ4n) is 2.84. The summed E-state index contributed by atoms with van der Waals surface area (Å²) in [7, 11) is 0.959. The van der Waals surface area contributed by atoms with Gasteiger partial charge in [-0.15, -0.1) is 11.3 Å². The second-order valence-electron chi connectivity index (χ2n) is 5.89. The summed E-state index contributed by atoms with van der Waals surface area (Å²) in [5.41, 5.74) is -2.92. The monoisotopic (exact) mass is 425 g/mol. The Hall–Kier alpha value is -2.92. The third-order valence-corrected chi connectivity index (χ3v) is 5.92. The van der Waals surface area contributed by atoms with E-state index in [9.17, 15) is 27.9 Å². The number of thiophene rings is 1. The molecule has 0 fully saturated rings. The van der Waals surface area contributed by atoms with Crippen LogP contribution < -0.4 is 11.2 Å². The molecule has 1 N–H and O–H groups in total. The molecule has 28 heavy (non-hydrogen) atoms. The van der Waals surface area contributed by atoms with Gasteiger partial charge in [-0.1, -0.05) is 0 Å². The van der Waals surface area contributed by atoms with Gasteiger partial charge in [0, 0.05) is 18.5 Å². The van der Waals surface area contributed by atoms with E-state index in [1.807, 2.05) is 0 Å². The Bertz CT molecular complexity index is 1330. The summed E-state index contributed by atoms with van der Waals surface area (Å²) in [6.07, 6.45) is -4.82. The van der Waals surface area contributed by atoms with Crippen molar-refractivity contribution in [2.24, 2.45) is 7.05 Å². The molecule has 0 saturated heterocycles. The smallest absolute Gasteiger partial charge is 0.431 e. The highest BCUT2D eigenvalue weighted by atomic mass is 32.1.